The number of carbonyl (C=O) groups is 2. The van der Waals surface area contributed by atoms with E-state index in [4.69, 9.17) is 0 Å². The van der Waals surface area contributed by atoms with Gasteiger partial charge in [0.05, 0.1) is 11.3 Å². The van der Waals surface area contributed by atoms with Gasteiger partial charge in [0.15, 0.2) is 0 Å². The molecule has 2 amide bonds. The van der Waals surface area contributed by atoms with Gasteiger partial charge in [0.1, 0.15) is 0 Å². The van der Waals surface area contributed by atoms with Crippen molar-refractivity contribution in [1.82, 2.24) is 0 Å². The predicted molar refractivity (Wildman–Crippen MR) is 145 cm³/mol. The quantitative estimate of drug-likeness (QED) is 0.382. The van der Waals surface area contributed by atoms with Crippen LogP contribution in [0.2, 0.25) is 0 Å². The molecule has 0 radical (unpaired) electrons. The molecule has 1 aliphatic heterocycles. The Labute approximate surface area is 211 Å². The molecular formula is C29H31N3O2S. The second-order valence-corrected chi connectivity index (χ2v) is 10.2. The minimum atomic E-state index is -0.167. The summed E-state index contributed by atoms with van der Waals surface area (Å²) >= 11 is 1.42. The molecule has 1 aliphatic carbocycles. The van der Waals surface area contributed by atoms with Gasteiger partial charge in [0.2, 0.25) is 5.91 Å². The van der Waals surface area contributed by atoms with E-state index in [1.807, 2.05) is 71.6 Å². The molecule has 0 atom stereocenters. The van der Waals surface area contributed by atoms with E-state index in [-0.39, 0.29) is 11.8 Å². The highest BCUT2D eigenvalue weighted by Crippen LogP contribution is 2.30. The second-order valence-electron chi connectivity index (χ2n) is 9.22. The summed E-state index contributed by atoms with van der Waals surface area (Å²) in [6.45, 7) is 0.715. The van der Waals surface area contributed by atoms with Crippen molar-refractivity contribution in [2.24, 2.45) is 0 Å². The minimum absolute atomic E-state index is 0.0659. The molecule has 1 fully saturated rings. The Morgan fingerprint density at radius 1 is 0.857 bits per heavy atom. The Kier molecular flexibility index (Phi) is 7.38. The van der Waals surface area contributed by atoms with E-state index in [2.05, 4.69) is 16.7 Å². The van der Waals surface area contributed by atoms with Gasteiger partial charge in [-0.25, -0.2) is 0 Å². The molecule has 0 bridgehead atoms. The number of anilines is 3. The van der Waals surface area contributed by atoms with Gasteiger partial charge in [-0.1, -0.05) is 49.6 Å². The molecule has 180 valence electrons. The van der Waals surface area contributed by atoms with E-state index >= 15 is 0 Å². The summed E-state index contributed by atoms with van der Waals surface area (Å²) in [4.78, 5) is 28.7. The monoisotopic (exact) mass is 485 g/mol. The molecule has 2 N–H and O–H groups in total. The maximum atomic E-state index is 13.1. The Bertz CT molecular complexity index is 1190. The summed E-state index contributed by atoms with van der Waals surface area (Å²) in [5.74, 6) is 0.191. The molecule has 35 heavy (non-hydrogen) atoms. The highest BCUT2D eigenvalue weighted by Gasteiger charge is 2.24. The van der Waals surface area contributed by atoms with Crippen LogP contribution in [0.15, 0.2) is 77.7 Å². The summed E-state index contributed by atoms with van der Waals surface area (Å²) in [5, 5.41) is 6.62. The summed E-state index contributed by atoms with van der Waals surface area (Å²) in [5.41, 5.74) is 4.65. The van der Waals surface area contributed by atoms with Crippen molar-refractivity contribution in [2.45, 2.75) is 49.5 Å². The van der Waals surface area contributed by atoms with Gasteiger partial charge < -0.3 is 15.5 Å². The van der Waals surface area contributed by atoms with Crippen molar-refractivity contribution in [1.29, 1.82) is 0 Å². The molecule has 0 saturated heterocycles. The van der Waals surface area contributed by atoms with Crippen molar-refractivity contribution in [3.8, 4) is 0 Å². The van der Waals surface area contributed by atoms with Gasteiger partial charge in [0, 0.05) is 34.5 Å². The maximum absolute atomic E-state index is 13.1. The Morgan fingerprint density at radius 3 is 2.40 bits per heavy atom. The van der Waals surface area contributed by atoms with Crippen LogP contribution in [0.3, 0.4) is 0 Å². The molecule has 1 heterocycles. The lowest BCUT2D eigenvalue weighted by molar-refractivity contribution is -0.116. The van der Waals surface area contributed by atoms with Crippen molar-refractivity contribution in [3.05, 3.63) is 83.9 Å². The number of thioether (sulfide) groups is 1. The zero-order chi connectivity index (χ0) is 24.0. The first kappa shape index (κ1) is 23.5. The van der Waals surface area contributed by atoms with Crippen LogP contribution in [0, 0.1) is 0 Å². The molecule has 0 aromatic heterocycles. The van der Waals surface area contributed by atoms with Crippen LogP contribution in [0.1, 0.15) is 48.0 Å². The first-order valence-corrected chi connectivity index (χ1v) is 13.4. The topological polar surface area (TPSA) is 61.4 Å². The third-order valence-electron chi connectivity index (χ3n) is 6.79. The number of rotatable bonds is 7. The third-order valence-corrected chi connectivity index (χ3v) is 7.85. The van der Waals surface area contributed by atoms with E-state index in [0.29, 0.717) is 23.9 Å². The molecule has 5 rings (SSSR count). The van der Waals surface area contributed by atoms with Gasteiger partial charge in [0.25, 0.3) is 5.91 Å². The Hall–Kier alpha value is -3.25. The summed E-state index contributed by atoms with van der Waals surface area (Å²) in [7, 11) is 0. The van der Waals surface area contributed by atoms with Gasteiger partial charge in [-0.2, -0.15) is 0 Å². The molecule has 5 nitrogen and oxygen atoms in total. The molecule has 0 spiro atoms. The number of benzene rings is 3. The molecule has 6 heteroatoms. The maximum Gasteiger partial charge on any atom is 0.256 e. The first-order chi connectivity index (χ1) is 17.2. The van der Waals surface area contributed by atoms with E-state index in [1.165, 1.54) is 49.4 Å². The van der Waals surface area contributed by atoms with Crippen LogP contribution in [-0.2, 0) is 11.2 Å². The third kappa shape index (κ3) is 5.70. The van der Waals surface area contributed by atoms with Gasteiger partial charge >= 0.3 is 0 Å². The number of hydrogen-bond donors (Lipinski definition) is 2. The van der Waals surface area contributed by atoms with E-state index in [0.717, 1.165) is 28.4 Å². The van der Waals surface area contributed by atoms with Crippen molar-refractivity contribution in [2.75, 3.05) is 27.8 Å². The fourth-order valence-corrected chi connectivity index (χ4v) is 5.85. The molecule has 3 aromatic carbocycles. The largest absolute Gasteiger partial charge is 0.382 e. The number of nitrogens with one attached hydrogen (secondary N) is 2. The number of amides is 2. The van der Waals surface area contributed by atoms with E-state index in [1.54, 1.807) is 0 Å². The summed E-state index contributed by atoms with van der Waals surface area (Å²) < 4.78 is 0. The predicted octanol–water partition coefficient (Wildman–Crippen LogP) is 6.36. The molecule has 1 saturated carbocycles. The lowest BCUT2D eigenvalue weighted by Crippen LogP contribution is -2.30. The van der Waals surface area contributed by atoms with Crippen LogP contribution in [-0.4, -0.2) is 30.2 Å². The normalized spacial score (nSPS) is 15.5. The number of nitrogens with zero attached hydrogens (tertiary/aromatic N) is 1. The first-order valence-electron chi connectivity index (χ1n) is 12.5. The summed E-state index contributed by atoms with van der Waals surface area (Å²) in [6, 6.07) is 24.0. The van der Waals surface area contributed by atoms with Gasteiger partial charge in [-0.15, -0.1) is 11.8 Å². The standard InChI is InChI=1S/C29H31N3O2S/c33-28(32-19-18-21-8-4-6-12-26(21)32)20-35-27-13-7-5-11-25(27)29(34)31-24-16-14-23(15-17-24)30-22-9-2-1-3-10-22/h4-8,11-17,22,30H,1-3,9-10,18-20H2,(H,31,34). The zero-order valence-electron chi connectivity index (χ0n) is 19.8. The molecule has 3 aromatic rings. The highest BCUT2D eigenvalue weighted by molar-refractivity contribution is 8.00. The fraction of sp³-hybridized carbons (Fsp3) is 0.310. The highest BCUT2D eigenvalue weighted by atomic mass is 32.2. The average Bonchev–Trinajstić information content (AvgIpc) is 3.33. The minimum Gasteiger partial charge on any atom is -0.382 e. The zero-order valence-corrected chi connectivity index (χ0v) is 20.7. The van der Waals surface area contributed by atoms with Crippen molar-refractivity contribution < 1.29 is 9.59 Å². The average molecular weight is 486 g/mol. The van der Waals surface area contributed by atoms with Crippen molar-refractivity contribution >= 4 is 40.6 Å². The van der Waals surface area contributed by atoms with E-state index in [9.17, 15) is 9.59 Å². The van der Waals surface area contributed by atoms with Crippen molar-refractivity contribution in [3.63, 3.8) is 0 Å². The lowest BCUT2D eigenvalue weighted by Gasteiger charge is -2.24. The van der Waals surface area contributed by atoms with Crippen LogP contribution < -0.4 is 15.5 Å². The molecule has 0 unspecified atom stereocenters. The Balaban J connectivity index is 1.19. The van der Waals surface area contributed by atoms with Crippen LogP contribution in [0.25, 0.3) is 0 Å². The van der Waals surface area contributed by atoms with Gasteiger partial charge in [-0.3, -0.25) is 9.59 Å². The number of para-hydroxylation sites is 1. The fourth-order valence-electron chi connectivity index (χ4n) is 4.93. The van der Waals surface area contributed by atoms with Crippen LogP contribution in [0.5, 0.6) is 0 Å². The number of carbonyl (C=O) groups excluding carboxylic acids is 2. The smallest absolute Gasteiger partial charge is 0.256 e. The molecular weight excluding hydrogens is 454 g/mol. The second kappa shape index (κ2) is 11.0. The van der Waals surface area contributed by atoms with Gasteiger partial charge in [-0.05, 0) is 67.3 Å². The Morgan fingerprint density at radius 2 is 1.57 bits per heavy atom. The lowest BCUT2D eigenvalue weighted by atomic mass is 9.95. The van der Waals surface area contributed by atoms with Crippen LogP contribution in [0.4, 0.5) is 17.1 Å². The van der Waals surface area contributed by atoms with E-state index < -0.39 is 0 Å². The number of fused-ring (bicyclic) bond motifs is 1. The molecule has 2 aliphatic rings. The SMILES string of the molecule is O=C(Nc1ccc(NC2CCCCC2)cc1)c1ccccc1SCC(=O)N1CCc2ccccc21. The number of hydrogen-bond acceptors (Lipinski definition) is 4. The summed E-state index contributed by atoms with van der Waals surface area (Å²) in [6.07, 6.45) is 7.25. The van der Waals surface area contributed by atoms with Crippen LogP contribution >= 0.6 is 11.8 Å².